The van der Waals surface area contributed by atoms with Crippen LogP contribution < -0.4 is 10.6 Å². The lowest BCUT2D eigenvalue weighted by atomic mass is 10.2. The Morgan fingerprint density at radius 2 is 1.75 bits per heavy atom. The molecule has 24 heavy (non-hydrogen) atoms. The summed E-state index contributed by atoms with van der Waals surface area (Å²) in [5.41, 5.74) is 0.614. The number of hydrogen-bond donors (Lipinski definition) is 2. The van der Waals surface area contributed by atoms with Gasteiger partial charge in [0.25, 0.3) is 5.91 Å². The SMILES string of the molecule is CC(C)(C)OC(=O)Nc1cccc(C(=O)NCc2ccccc2)n1. The van der Waals surface area contributed by atoms with Crippen molar-refractivity contribution in [2.75, 3.05) is 5.32 Å². The van der Waals surface area contributed by atoms with E-state index in [0.717, 1.165) is 5.56 Å². The molecule has 0 radical (unpaired) electrons. The van der Waals surface area contributed by atoms with Gasteiger partial charge in [-0.25, -0.2) is 9.78 Å². The van der Waals surface area contributed by atoms with Crippen molar-refractivity contribution >= 4 is 17.8 Å². The molecule has 0 bridgehead atoms. The Balaban J connectivity index is 1.96. The number of amides is 2. The number of ether oxygens (including phenoxy) is 1. The second-order valence-electron chi connectivity index (χ2n) is 6.20. The molecule has 1 heterocycles. The van der Waals surface area contributed by atoms with Crippen molar-refractivity contribution in [2.24, 2.45) is 0 Å². The lowest BCUT2D eigenvalue weighted by molar-refractivity contribution is 0.0634. The van der Waals surface area contributed by atoms with Gasteiger partial charge in [-0.2, -0.15) is 0 Å². The first-order valence-electron chi connectivity index (χ1n) is 7.63. The normalized spacial score (nSPS) is 10.8. The van der Waals surface area contributed by atoms with Gasteiger partial charge in [-0.05, 0) is 38.5 Å². The van der Waals surface area contributed by atoms with Crippen LogP contribution in [-0.4, -0.2) is 22.6 Å². The maximum absolute atomic E-state index is 12.2. The van der Waals surface area contributed by atoms with Crippen molar-refractivity contribution in [1.82, 2.24) is 10.3 Å². The number of carbonyl (C=O) groups is 2. The molecule has 0 spiro atoms. The molecule has 0 atom stereocenters. The topological polar surface area (TPSA) is 80.3 Å². The Kier molecular flexibility index (Phi) is 5.52. The van der Waals surface area contributed by atoms with E-state index in [1.54, 1.807) is 39.0 Å². The first-order valence-corrected chi connectivity index (χ1v) is 7.63. The number of carbonyl (C=O) groups excluding carboxylic acids is 2. The fraction of sp³-hybridized carbons (Fsp3) is 0.278. The molecule has 126 valence electrons. The monoisotopic (exact) mass is 327 g/mol. The lowest BCUT2D eigenvalue weighted by Gasteiger charge is -2.19. The van der Waals surface area contributed by atoms with Crippen molar-refractivity contribution < 1.29 is 14.3 Å². The Bertz CT molecular complexity index is 709. The minimum atomic E-state index is -0.614. The van der Waals surface area contributed by atoms with Crippen LogP contribution in [0.4, 0.5) is 10.6 Å². The largest absolute Gasteiger partial charge is 0.444 e. The quantitative estimate of drug-likeness (QED) is 0.902. The third-order valence-electron chi connectivity index (χ3n) is 2.91. The van der Waals surface area contributed by atoms with Gasteiger partial charge in [0.2, 0.25) is 0 Å². The Morgan fingerprint density at radius 1 is 1.04 bits per heavy atom. The average molecular weight is 327 g/mol. The van der Waals surface area contributed by atoms with Gasteiger partial charge in [0.1, 0.15) is 17.1 Å². The van der Waals surface area contributed by atoms with E-state index < -0.39 is 11.7 Å². The molecular formula is C18H21N3O3. The van der Waals surface area contributed by atoms with Crippen LogP contribution in [0.3, 0.4) is 0 Å². The van der Waals surface area contributed by atoms with E-state index in [1.165, 1.54) is 0 Å². The zero-order valence-electron chi connectivity index (χ0n) is 14.0. The predicted octanol–water partition coefficient (Wildman–Crippen LogP) is 3.36. The summed E-state index contributed by atoms with van der Waals surface area (Å²) in [6.45, 7) is 5.72. The zero-order chi connectivity index (χ0) is 17.6. The fourth-order valence-corrected chi connectivity index (χ4v) is 1.91. The van der Waals surface area contributed by atoms with Crippen LogP contribution in [0.5, 0.6) is 0 Å². The number of nitrogens with zero attached hydrogens (tertiary/aromatic N) is 1. The molecule has 1 aromatic heterocycles. The van der Waals surface area contributed by atoms with Crippen LogP contribution in [0.25, 0.3) is 0 Å². The van der Waals surface area contributed by atoms with E-state index in [9.17, 15) is 9.59 Å². The van der Waals surface area contributed by atoms with E-state index in [0.29, 0.717) is 6.54 Å². The van der Waals surface area contributed by atoms with Crippen LogP contribution in [0.1, 0.15) is 36.8 Å². The Hall–Kier alpha value is -2.89. The number of anilines is 1. The molecule has 2 rings (SSSR count). The minimum absolute atomic E-state index is 0.222. The van der Waals surface area contributed by atoms with Gasteiger partial charge < -0.3 is 10.1 Å². The number of nitrogens with one attached hydrogen (secondary N) is 2. The minimum Gasteiger partial charge on any atom is -0.444 e. The Morgan fingerprint density at radius 3 is 2.42 bits per heavy atom. The maximum Gasteiger partial charge on any atom is 0.413 e. The molecule has 2 N–H and O–H groups in total. The molecule has 0 unspecified atom stereocenters. The second kappa shape index (κ2) is 7.59. The van der Waals surface area contributed by atoms with Crippen LogP contribution in [0.15, 0.2) is 48.5 Å². The van der Waals surface area contributed by atoms with Gasteiger partial charge in [-0.3, -0.25) is 10.1 Å². The van der Waals surface area contributed by atoms with E-state index in [2.05, 4.69) is 15.6 Å². The summed E-state index contributed by atoms with van der Waals surface area (Å²) in [5.74, 6) is -0.0525. The third-order valence-corrected chi connectivity index (χ3v) is 2.91. The highest BCUT2D eigenvalue weighted by atomic mass is 16.6. The lowest BCUT2D eigenvalue weighted by Crippen LogP contribution is -2.28. The highest BCUT2D eigenvalue weighted by Crippen LogP contribution is 2.10. The summed E-state index contributed by atoms with van der Waals surface area (Å²) in [7, 11) is 0. The number of hydrogen-bond acceptors (Lipinski definition) is 4. The first kappa shape index (κ1) is 17.5. The molecular weight excluding hydrogens is 306 g/mol. The van der Waals surface area contributed by atoms with Crippen LogP contribution in [0, 0.1) is 0 Å². The predicted molar refractivity (Wildman–Crippen MR) is 91.7 cm³/mol. The summed E-state index contributed by atoms with van der Waals surface area (Å²) < 4.78 is 5.16. The van der Waals surface area contributed by atoms with Gasteiger partial charge in [-0.1, -0.05) is 36.4 Å². The standard InChI is InChI=1S/C18H21N3O3/c1-18(2,3)24-17(23)21-15-11-7-10-14(20-15)16(22)19-12-13-8-5-4-6-9-13/h4-11H,12H2,1-3H3,(H,19,22)(H,20,21,23). The number of rotatable bonds is 4. The van der Waals surface area contributed by atoms with Gasteiger partial charge in [-0.15, -0.1) is 0 Å². The number of aromatic nitrogens is 1. The highest BCUT2D eigenvalue weighted by molar-refractivity contribution is 5.93. The summed E-state index contributed by atoms with van der Waals surface area (Å²) in [5, 5.41) is 5.30. The van der Waals surface area contributed by atoms with Crippen LogP contribution in [0.2, 0.25) is 0 Å². The summed E-state index contributed by atoms with van der Waals surface area (Å²) >= 11 is 0. The first-order chi connectivity index (χ1) is 11.3. The van der Waals surface area contributed by atoms with E-state index in [4.69, 9.17) is 4.74 Å². The van der Waals surface area contributed by atoms with Crippen molar-refractivity contribution in [2.45, 2.75) is 32.9 Å². The molecule has 2 amide bonds. The van der Waals surface area contributed by atoms with Gasteiger partial charge in [0, 0.05) is 6.54 Å². The fourth-order valence-electron chi connectivity index (χ4n) is 1.91. The summed E-state index contributed by atoms with van der Waals surface area (Å²) in [6, 6.07) is 14.4. The number of benzene rings is 1. The smallest absolute Gasteiger partial charge is 0.413 e. The van der Waals surface area contributed by atoms with Gasteiger partial charge in [0.05, 0.1) is 0 Å². The molecule has 6 heteroatoms. The van der Waals surface area contributed by atoms with Crippen LogP contribution in [-0.2, 0) is 11.3 Å². The summed E-state index contributed by atoms with van der Waals surface area (Å²) in [4.78, 5) is 28.0. The van der Waals surface area contributed by atoms with E-state index >= 15 is 0 Å². The van der Waals surface area contributed by atoms with Crippen molar-refractivity contribution in [3.8, 4) is 0 Å². The van der Waals surface area contributed by atoms with Crippen molar-refractivity contribution in [3.05, 3.63) is 59.8 Å². The van der Waals surface area contributed by atoms with Gasteiger partial charge in [0.15, 0.2) is 0 Å². The maximum atomic E-state index is 12.2. The second-order valence-corrected chi connectivity index (χ2v) is 6.20. The molecule has 6 nitrogen and oxygen atoms in total. The van der Waals surface area contributed by atoms with Crippen LogP contribution >= 0.6 is 0 Å². The van der Waals surface area contributed by atoms with Gasteiger partial charge >= 0.3 is 6.09 Å². The molecule has 0 aliphatic carbocycles. The zero-order valence-corrected chi connectivity index (χ0v) is 14.0. The Labute approximate surface area is 141 Å². The third kappa shape index (κ3) is 5.72. The summed E-state index contributed by atoms with van der Waals surface area (Å²) in [6.07, 6.45) is -0.614. The highest BCUT2D eigenvalue weighted by Gasteiger charge is 2.17. The van der Waals surface area contributed by atoms with Crippen molar-refractivity contribution in [1.29, 1.82) is 0 Å². The molecule has 2 aromatic rings. The van der Waals surface area contributed by atoms with Crippen molar-refractivity contribution in [3.63, 3.8) is 0 Å². The number of pyridine rings is 1. The molecule has 0 aliphatic rings. The average Bonchev–Trinajstić information content (AvgIpc) is 2.52. The molecule has 0 aliphatic heterocycles. The molecule has 0 saturated carbocycles. The molecule has 0 saturated heterocycles. The molecule has 1 aromatic carbocycles. The molecule has 0 fully saturated rings. The van der Waals surface area contributed by atoms with E-state index in [1.807, 2.05) is 30.3 Å². The van der Waals surface area contributed by atoms with E-state index in [-0.39, 0.29) is 17.4 Å².